The van der Waals surface area contributed by atoms with Crippen molar-refractivity contribution in [3.05, 3.63) is 18.0 Å². The predicted molar refractivity (Wildman–Crippen MR) is 80.6 cm³/mol. The van der Waals surface area contributed by atoms with E-state index in [1.807, 2.05) is 0 Å². The van der Waals surface area contributed by atoms with E-state index >= 15 is 0 Å². The van der Waals surface area contributed by atoms with Gasteiger partial charge in [-0.1, -0.05) is 12.8 Å². The third kappa shape index (κ3) is 3.76. The molecular weight excluding hydrogens is 276 g/mol. The van der Waals surface area contributed by atoms with Crippen LogP contribution in [-0.2, 0) is 6.54 Å². The fraction of sp³-hybridized carbons (Fsp3) is 0.667. The molecule has 0 amide bonds. The number of hydrogen-bond donors (Lipinski definition) is 1. The van der Waals surface area contributed by atoms with Crippen LogP contribution in [0.1, 0.15) is 31.4 Å². The first-order chi connectivity index (χ1) is 9.76. The summed E-state index contributed by atoms with van der Waals surface area (Å²) >= 11 is 6.37. The molecule has 4 nitrogen and oxygen atoms in total. The van der Waals surface area contributed by atoms with Gasteiger partial charge >= 0.3 is 0 Å². The summed E-state index contributed by atoms with van der Waals surface area (Å²) in [5, 5.41) is 3.75. The van der Waals surface area contributed by atoms with Gasteiger partial charge in [-0.25, -0.2) is 0 Å². The molecule has 1 heterocycles. The number of hydrogen-bond acceptors (Lipinski definition) is 4. The molecule has 1 aromatic heterocycles. The van der Waals surface area contributed by atoms with E-state index in [1.165, 1.54) is 19.3 Å². The first-order valence-corrected chi connectivity index (χ1v) is 7.60. The maximum absolute atomic E-state index is 6.37. The number of ether oxygens (including phenoxy) is 2. The molecule has 2 atom stereocenters. The van der Waals surface area contributed by atoms with Crippen molar-refractivity contribution in [1.82, 2.24) is 10.3 Å². The Labute approximate surface area is 125 Å². The van der Waals surface area contributed by atoms with Gasteiger partial charge in [-0.3, -0.25) is 4.98 Å². The molecule has 1 saturated carbocycles. The molecule has 1 aliphatic carbocycles. The predicted octanol–water partition coefficient (Wildman–Crippen LogP) is 2.99. The minimum absolute atomic E-state index is 0.302. The Bertz CT molecular complexity index is 428. The van der Waals surface area contributed by atoms with Crippen LogP contribution in [0.2, 0.25) is 0 Å². The molecule has 20 heavy (non-hydrogen) atoms. The van der Waals surface area contributed by atoms with Gasteiger partial charge in [-0.2, -0.15) is 0 Å². The topological polar surface area (TPSA) is 43.4 Å². The van der Waals surface area contributed by atoms with E-state index in [9.17, 15) is 0 Å². The quantitative estimate of drug-likeness (QED) is 0.820. The minimum atomic E-state index is 0.302. The summed E-state index contributed by atoms with van der Waals surface area (Å²) in [5.41, 5.74) is 0.869. The van der Waals surface area contributed by atoms with Crippen LogP contribution in [0, 0.1) is 5.92 Å². The molecule has 0 radical (unpaired) electrons. The van der Waals surface area contributed by atoms with Crippen LogP contribution in [0.15, 0.2) is 12.3 Å². The lowest BCUT2D eigenvalue weighted by Crippen LogP contribution is -2.31. The lowest BCUT2D eigenvalue weighted by Gasteiger charge is -2.27. The van der Waals surface area contributed by atoms with Crippen LogP contribution in [-0.4, -0.2) is 31.1 Å². The van der Waals surface area contributed by atoms with Gasteiger partial charge in [0, 0.05) is 24.2 Å². The number of aromatic nitrogens is 1. The lowest BCUT2D eigenvalue weighted by atomic mass is 9.89. The first kappa shape index (κ1) is 15.4. The molecule has 5 heteroatoms. The summed E-state index contributed by atoms with van der Waals surface area (Å²) in [4.78, 5) is 4.36. The van der Waals surface area contributed by atoms with Crippen molar-refractivity contribution in [2.24, 2.45) is 5.92 Å². The van der Waals surface area contributed by atoms with Gasteiger partial charge in [0.1, 0.15) is 0 Å². The van der Waals surface area contributed by atoms with Crippen LogP contribution in [0.25, 0.3) is 0 Å². The first-order valence-electron chi connectivity index (χ1n) is 7.17. The van der Waals surface area contributed by atoms with Crippen LogP contribution in [0.5, 0.6) is 11.5 Å². The fourth-order valence-electron chi connectivity index (χ4n) is 2.74. The second-order valence-corrected chi connectivity index (χ2v) is 5.75. The third-order valence-electron chi connectivity index (χ3n) is 3.88. The van der Waals surface area contributed by atoms with Crippen molar-refractivity contribution >= 4 is 11.6 Å². The molecule has 1 aromatic rings. The Morgan fingerprint density at radius 3 is 2.80 bits per heavy atom. The molecule has 0 aromatic carbocycles. The van der Waals surface area contributed by atoms with Gasteiger partial charge < -0.3 is 14.8 Å². The van der Waals surface area contributed by atoms with E-state index in [2.05, 4.69) is 10.3 Å². The van der Waals surface area contributed by atoms with Crippen LogP contribution >= 0.6 is 11.6 Å². The van der Waals surface area contributed by atoms with E-state index < -0.39 is 0 Å². The Kier molecular flexibility index (Phi) is 5.92. The average molecular weight is 299 g/mol. The van der Waals surface area contributed by atoms with E-state index in [0.717, 1.165) is 18.7 Å². The monoisotopic (exact) mass is 298 g/mol. The van der Waals surface area contributed by atoms with Crippen LogP contribution in [0.4, 0.5) is 0 Å². The van der Waals surface area contributed by atoms with Gasteiger partial charge in [0.25, 0.3) is 0 Å². The highest BCUT2D eigenvalue weighted by atomic mass is 35.5. The molecule has 1 N–H and O–H groups in total. The SMILES string of the molecule is COc1ccnc(CNCC2CCCCC2Cl)c1OC. The zero-order chi connectivity index (χ0) is 14.4. The highest BCUT2D eigenvalue weighted by Crippen LogP contribution is 2.30. The second-order valence-electron chi connectivity index (χ2n) is 5.18. The fourth-order valence-corrected chi connectivity index (χ4v) is 3.11. The third-order valence-corrected chi connectivity index (χ3v) is 4.46. The number of methoxy groups -OCH3 is 2. The maximum Gasteiger partial charge on any atom is 0.183 e. The van der Waals surface area contributed by atoms with Crippen molar-refractivity contribution in [2.45, 2.75) is 37.6 Å². The zero-order valence-corrected chi connectivity index (χ0v) is 12.9. The summed E-state index contributed by atoms with van der Waals surface area (Å²) in [7, 11) is 3.27. The summed E-state index contributed by atoms with van der Waals surface area (Å²) in [6.07, 6.45) is 6.63. The second kappa shape index (κ2) is 7.70. The molecule has 1 aliphatic rings. The molecule has 2 unspecified atom stereocenters. The summed E-state index contributed by atoms with van der Waals surface area (Å²) < 4.78 is 10.7. The Hall–Kier alpha value is -1.00. The Morgan fingerprint density at radius 2 is 2.10 bits per heavy atom. The molecule has 2 rings (SSSR count). The number of pyridine rings is 1. The van der Waals surface area contributed by atoms with Gasteiger partial charge in [0.15, 0.2) is 11.5 Å². The summed E-state index contributed by atoms with van der Waals surface area (Å²) in [6, 6.07) is 1.80. The van der Waals surface area contributed by atoms with Crippen molar-refractivity contribution in [3.63, 3.8) is 0 Å². The Balaban J connectivity index is 1.90. The van der Waals surface area contributed by atoms with Crippen molar-refractivity contribution < 1.29 is 9.47 Å². The molecule has 0 spiro atoms. The molecule has 0 saturated heterocycles. The Morgan fingerprint density at radius 1 is 1.30 bits per heavy atom. The number of nitrogens with one attached hydrogen (secondary N) is 1. The van der Waals surface area contributed by atoms with E-state index in [4.69, 9.17) is 21.1 Å². The highest BCUT2D eigenvalue weighted by molar-refractivity contribution is 6.20. The van der Waals surface area contributed by atoms with Crippen LogP contribution < -0.4 is 14.8 Å². The van der Waals surface area contributed by atoms with E-state index in [1.54, 1.807) is 26.5 Å². The normalized spacial score (nSPS) is 22.6. The maximum atomic E-state index is 6.37. The average Bonchev–Trinajstić information content (AvgIpc) is 2.48. The highest BCUT2D eigenvalue weighted by Gasteiger charge is 2.22. The van der Waals surface area contributed by atoms with Crippen molar-refractivity contribution in [2.75, 3.05) is 20.8 Å². The largest absolute Gasteiger partial charge is 0.493 e. The lowest BCUT2D eigenvalue weighted by molar-refractivity contribution is 0.337. The van der Waals surface area contributed by atoms with Gasteiger partial charge in [-0.15, -0.1) is 11.6 Å². The number of alkyl halides is 1. The number of halogens is 1. The van der Waals surface area contributed by atoms with Crippen molar-refractivity contribution in [1.29, 1.82) is 0 Å². The van der Waals surface area contributed by atoms with E-state index in [0.29, 0.717) is 29.3 Å². The smallest absolute Gasteiger partial charge is 0.183 e. The standard InChI is InChI=1S/C15H23ClN2O2/c1-19-14-7-8-18-13(15(14)20-2)10-17-9-11-5-3-4-6-12(11)16/h7-8,11-12,17H,3-6,9-10H2,1-2H3. The molecule has 1 fully saturated rings. The van der Waals surface area contributed by atoms with Gasteiger partial charge in [-0.05, 0) is 25.3 Å². The zero-order valence-electron chi connectivity index (χ0n) is 12.2. The summed E-state index contributed by atoms with van der Waals surface area (Å²) in [6.45, 7) is 1.59. The van der Waals surface area contributed by atoms with Gasteiger partial charge in [0.05, 0.1) is 19.9 Å². The molecule has 0 aliphatic heterocycles. The molecule has 112 valence electrons. The minimum Gasteiger partial charge on any atom is -0.493 e. The summed E-state index contributed by atoms with van der Waals surface area (Å²) in [5.74, 6) is 1.97. The number of nitrogens with zero attached hydrogens (tertiary/aromatic N) is 1. The number of rotatable bonds is 6. The molecule has 0 bridgehead atoms. The van der Waals surface area contributed by atoms with Crippen LogP contribution in [0.3, 0.4) is 0 Å². The van der Waals surface area contributed by atoms with Gasteiger partial charge in [0.2, 0.25) is 0 Å². The van der Waals surface area contributed by atoms with E-state index in [-0.39, 0.29) is 0 Å². The van der Waals surface area contributed by atoms with Crippen molar-refractivity contribution in [3.8, 4) is 11.5 Å². The molecular formula is C15H23ClN2O2.